The lowest BCUT2D eigenvalue weighted by Gasteiger charge is -2.01. The van der Waals surface area contributed by atoms with Gasteiger partial charge in [0, 0.05) is 12.2 Å². The molecular formula is C5H7NO5. The van der Waals surface area contributed by atoms with Gasteiger partial charge in [-0.15, -0.1) is 0 Å². The number of carbonyl (C=O) groups excluding carboxylic acids is 1. The predicted octanol–water partition coefficient (Wildman–Crippen LogP) is -1.99. The molecule has 0 spiro atoms. The van der Waals surface area contributed by atoms with E-state index in [1.807, 2.05) is 0 Å². The number of hydrogen-bond acceptors (Lipinski definition) is 4. The number of carboxylic acid groups (broad SMARTS) is 1. The van der Waals surface area contributed by atoms with E-state index in [0.29, 0.717) is 12.2 Å². The van der Waals surface area contributed by atoms with E-state index in [-0.39, 0.29) is 0 Å². The lowest BCUT2D eigenvalue weighted by atomic mass is 10.5. The molecule has 0 saturated carbocycles. The molecule has 0 heterocycles. The van der Waals surface area contributed by atoms with Gasteiger partial charge >= 0.3 is 5.97 Å². The van der Waals surface area contributed by atoms with Gasteiger partial charge in [0.15, 0.2) is 0 Å². The number of carboxylic acids is 1. The molecule has 0 aliphatic rings. The van der Waals surface area contributed by atoms with Crippen LogP contribution in [0.4, 0.5) is 0 Å². The van der Waals surface area contributed by atoms with Crippen molar-refractivity contribution in [2.45, 2.75) is 6.41 Å². The summed E-state index contributed by atoms with van der Waals surface area (Å²) >= 11 is 0. The molecule has 0 atom stereocenters. The van der Waals surface area contributed by atoms with E-state index in [0.717, 1.165) is 0 Å². The zero-order chi connectivity index (χ0) is 8.85. The molecule has 0 aromatic carbocycles. The molecule has 0 unspecified atom stereocenters. The molecule has 62 valence electrons. The number of aliphatic hydroxyl groups is 2. The first-order valence-electron chi connectivity index (χ1n) is 2.60. The molecule has 11 heavy (non-hydrogen) atoms. The number of aliphatic hydroxyl groups excluding tert-OH is 1. The fourth-order valence-corrected chi connectivity index (χ4v) is 0.322. The van der Waals surface area contributed by atoms with Crippen molar-refractivity contribution in [1.29, 1.82) is 0 Å². The van der Waals surface area contributed by atoms with E-state index >= 15 is 0 Å². The second kappa shape index (κ2) is 4.42. The van der Waals surface area contributed by atoms with Crippen LogP contribution < -0.4 is 5.32 Å². The standard InChI is InChI=1S/C5H7NO5/c7-3(6-5(10)11)1-2-4(8)9/h1-2,5,10-11H,(H,6,7)(H,8,9)/b2-1-. The zero-order valence-corrected chi connectivity index (χ0v) is 5.39. The molecule has 0 saturated heterocycles. The number of hydrogen-bond donors (Lipinski definition) is 4. The number of rotatable bonds is 3. The first-order chi connectivity index (χ1) is 5.02. The quantitative estimate of drug-likeness (QED) is 0.283. The first kappa shape index (κ1) is 9.60. The van der Waals surface area contributed by atoms with Gasteiger partial charge in [0.1, 0.15) is 0 Å². The third-order valence-electron chi connectivity index (χ3n) is 0.649. The van der Waals surface area contributed by atoms with Gasteiger partial charge in [-0.1, -0.05) is 0 Å². The Morgan fingerprint density at radius 2 is 1.82 bits per heavy atom. The molecule has 0 aliphatic carbocycles. The summed E-state index contributed by atoms with van der Waals surface area (Å²) in [5, 5.41) is 25.9. The van der Waals surface area contributed by atoms with Crippen LogP contribution in [0.2, 0.25) is 0 Å². The third kappa shape index (κ3) is 6.49. The largest absolute Gasteiger partial charge is 0.478 e. The lowest BCUT2D eigenvalue weighted by molar-refractivity contribution is -0.133. The molecule has 4 N–H and O–H groups in total. The van der Waals surface area contributed by atoms with E-state index < -0.39 is 18.3 Å². The molecule has 0 aromatic heterocycles. The minimum absolute atomic E-state index is 0.581. The summed E-state index contributed by atoms with van der Waals surface area (Å²) in [7, 11) is 0. The van der Waals surface area contributed by atoms with Crippen molar-refractivity contribution < 1.29 is 24.9 Å². The molecule has 0 bridgehead atoms. The Labute approximate surface area is 61.8 Å². The van der Waals surface area contributed by atoms with Gasteiger partial charge in [0.25, 0.3) is 0 Å². The fraction of sp³-hybridized carbons (Fsp3) is 0.200. The Balaban J connectivity index is 3.78. The van der Waals surface area contributed by atoms with E-state index in [9.17, 15) is 9.59 Å². The Kier molecular flexibility index (Phi) is 3.86. The monoisotopic (exact) mass is 161 g/mol. The molecule has 0 fully saturated rings. The Bertz CT molecular complexity index is 185. The van der Waals surface area contributed by atoms with Crippen molar-refractivity contribution >= 4 is 11.9 Å². The van der Waals surface area contributed by atoms with Crippen LogP contribution in [0, 0.1) is 0 Å². The van der Waals surface area contributed by atoms with E-state index in [1.54, 1.807) is 5.32 Å². The summed E-state index contributed by atoms with van der Waals surface area (Å²) < 4.78 is 0. The van der Waals surface area contributed by atoms with E-state index in [2.05, 4.69) is 0 Å². The maximum atomic E-state index is 10.4. The van der Waals surface area contributed by atoms with Gasteiger partial charge in [-0.05, 0) is 0 Å². The van der Waals surface area contributed by atoms with Crippen molar-refractivity contribution in [3.63, 3.8) is 0 Å². The Morgan fingerprint density at radius 3 is 2.18 bits per heavy atom. The van der Waals surface area contributed by atoms with Gasteiger partial charge < -0.3 is 20.6 Å². The summed E-state index contributed by atoms with van der Waals surface area (Å²) in [5.74, 6) is -2.17. The molecule has 6 heteroatoms. The number of carbonyl (C=O) groups is 2. The first-order valence-corrected chi connectivity index (χ1v) is 2.60. The maximum absolute atomic E-state index is 10.4. The Hall–Kier alpha value is -1.40. The van der Waals surface area contributed by atoms with Crippen molar-refractivity contribution in [2.24, 2.45) is 0 Å². The van der Waals surface area contributed by atoms with Crippen molar-refractivity contribution in [2.75, 3.05) is 0 Å². The van der Waals surface area contributed by atoms with Crippen LogP contribution in [0.15, 0.2) is 12.2 Å². The summed E-state index contributed by atoms with van der Waals surface area (Å²) in [4.78, 5) is 20.2. The van der Waals surface area contributed by atoms with E-state index in [4.69, 9.17) is 15.3 Å². The molecule has 6 nitrogen and oxygen atoms in total. The fourth-order valence-electron chi connectivity index (χ4n) is 0.322. The van der Waals surface area contributed by atoms with Crippen LogP contribution in [0.25, 0.3) is 0 Å². The second-order valence-electron chi connectivity index (χ2n) is 1.55. The van der Waals surface area contributed by atoms with Gasteiger partial charge in [0.05, 0.1) is 0 Å². The zero-order valence-electron chi connectivity index (χ0n) is 5.39. The number of aliphatic carboxylic acids is 1. The lowest BCUT2D eigenvalue weighted by Crippen LogP contribution is -2.32. The van der Waals surface area contributed by atoms with Crippen LogP contribution in [0.1, 0.15) is 0 Å². The number of nitrogens with one attached hydrogen (secondary N) is 1. The second-order valence-corrected chi connectivity index (χ2v) is 1.55. The smallest absolute Gasteiger partial charge is 0.328 e. The Morgan fingerprint density at radius 1 is 1.27 bits per heavy atom. The molecule has 0 aliphatic heterocycles. The van der Waals surface area contributed by atoms with Crippen molar-refractivity contribution in [3.05, 3.63) is 12.2 Å². The highest BCUT2D eigenvalue weighted by atomic mass is 16.5. The molecule has 0 aromatic rings. The summed E-state index contributed by atoms with van der Waals surface area (Å²) in [6.45, 7) is 0. The van der Waals surface area contributed by atoms with Gasteiger partial charge in [-0.2, -0.15) is 0 Å². The van der Waals surface area contributed by atoms with E-state index in [1.165, 1.54) is 0 Å². The SMILES string of the molecule is O=C(O)/C=C\C(=O)NC(O)O. The summed E-state index contributed by atoms with van der Waals surface area (Å²) in [6.07, 6.45) is -0.722. The van der Waals surface area contributed by atoms with Crippen LogP contribution in [-0.2, 0) is 9.59 Å². The summed E-state index contributed by atoms with van der Waals surface area (Å²) in [5.41, 5.74) is 0. The highest BCUT2D eigenvalue weighted by molar-refractivity contribution is 5.93. The minimum atomic E-state index is -1.97. The average molecular weight is 161 g/mol. The molecule has 0 rings (SSSR count). The van der Waals surface area contributed by atoms with Crippen molar-refractivity contribution in [3.8, 4) is 0 Å². The van der Waals surface area contributed by atoms with Crippen molar-refractivity contribution in [1.82, 2.24) is 5.32 Å². The van der Waals surface area contributed by atoms with Crippen LogP contribution in [0.3, 0.4) is 0 Å². The van der Waals surface area contributed by atoms with Crippen LogP contribution in [0.5, 0.6) is 0 Å². The maximum Gasteiger partial charge on any atom is 0.328 e. The predicted molar refractivity (Wildman–Crippen MR) is 33.1 cm³/mol. The third-order valence-corrected chi connectivity index (χ3v) is 0.649. The topological polar surface area (TPSA) is 107 Å². The normalized spacial score (nSPS) is 10.5. The molecule has 0 radical (unpaired) electrons. The van der Waals surface area contributed by atoms with Gasteiger partial charge in [-0.3, -0.25) is 4.79 Å². The summed E-state index contributed by atoms with van der Waals surface area (Å²) in [6, 6.07) is 0. The highest BCUT2D eigenvalue weighted by Crippen LogP contribution is 1.75. The van der Waals surface area contributed by atoms with Crippen LogP contribution in [-0.4, -0.2) is 33.6 Å². The molecule has 1 amide bonds. The van der Waals surface area contributed by atoms with Crippen LogP contribution >= 0.6 is 0 Å². The van der Waals surface area contributed by atoms with Gasteiger partial charge in [-0.25, -0.2) is 4.79 Å². The average Bonchev–Trinajstić information content (AvgIpc) is 1.82. The molecular weight excluding hydrogens is 154 g/mol. The van der Waals surface area contributed by atoms with Gasteiger partial charge in [0.2, 0.25) is 12.3 Å². The minimum Gasteiger partial charge on any atom is -0.478 e. The number of amides is 1. The highest BCUT2D eigenvalue weighted by Gasteiger charge is 2.00.